The average molecular weight is 319 g/mol. The second kappa shape index (κ2) is 7.77. The molecule has 1 unspecified atom stereocenters. The van der Waals surface area contributed by atoms with Crippen LogP contribution in [0, 0.1) is 0 Å². The highest BCUT2D eigenvalue weighted by Crippen LogP contribution is 2.24. The molecule has 0 aromatic carbocycles. The zero-order valence-corrected chi connectivity index (χ0v) is 14.8. The van der Waals surface area contributed by atoms with Gasteiger partial charge in [0.15, 0.2) is 0 Å². The Kier molecular flexibility index (Phi) is 5.99. The molecule has 1 aromatic heterocycles. The van der Waals surface area contributed by atoms with E-state index in [1.54, 1.807) is 4.90 Å². The average Bonchev–Trinajstić information content (AvgIpc) is 2.52. The number of amides is 1. The maximum absolute atomic E-state index is 12.4. The summed E-state index contributed by atoms with van der Waals surface area (Å²) >= 11 is 0. The molecular formula is C18H29N3O2. The summed E-state index contributed by atoms with van der Waals surface area (Å²) in [6.07, 6.45) is 6.03. The SMILES string of the molecule is CCCN(C(=O)OC(C)(C)C)c1ccc(C2CCCCN2)cn1. The summed E-state index contributed by atoms with van der Waals surface area (Å²) in [4.78, 5) is 18.5. The van der Waals surface area contributed by atoms with Crippen molar-refractivity contribution in [1.82, 2.24) is 10.3 Å². The number of rotatable bonds is 4. The van der Waals surface area contributed by atoms with Crippen molar-refractivity contribution < 1.29 is 9.53 Å². The fourth-order valence-corrected chi connectivity index (χ4v) is 2.74. The third-order valence-electron chi connectivity index (χ3n) is 3.82. The second-order valence-corrected chi connectivity index (χ2v) is 7.08. The summed E-state index contributed by atoms with van der Waals surface area (Å²) < 4.78 is 5.49. The number of carbonyl (C=O) groups is 1. The Bertz CT molecular complexity index is 502. The third kappa shape index (κ3) is 5.20. The van der Waals surface area contributed by atoms with Gasteiger partial charge in [-0.2, -0.15) is 0 Å². The molecule has 2 rings (SSSR count). The molecule has 0 aliphatic carbocycles. The van der Waals surface area contributed by atoms with Crippen LogP contribution in [0.4, 0.5) is 10.6 Å². The van der Waals surface area contributed by atoms with Gasteiger partial charge in [0.25, 0.3) is 0 Å². The zero-order valence-electron chi connectivity index (χ0n) is 14.8. The molecule has 0 spiro atoms. The summed E-state index contributed by atoms with van der Waals surface area (Å²) in [6, 6.07) is 4.37. The Morgan fingerprint density at radius 2 is 2.17 bits per heavy atom. The molecule has 5 heteroatoms. The van der Waals surface area contributed by atoms with Crippen molar-refractivity contribution in [3.05, 3.63) is 23.9 Å². The van der Waals surface area contributed by atoms with E-state index in [2.05, 4.69) is 16.4 Å². The molecule has 1 aliphatic heterocycles. The van der Waals surface area contributed by atoms with Crippen LogP contribution in [0.1, 0.15) is 65.0 Å². The van der Waals surface area contributed by atoms with Gasteiger partial charge in [-0.15, -0.1) is 0 Å². The van der Waals surface area contributed by atoms with Gasteiger partial charge >= 0.3 is 6.09 Å². The van der Waals surface area contributed by atoms with E-state index in [0.29, 0.717) is 18.4 Å². The zero-order chi connectivity index (χ0) is 16.9. The number of carbonyl (C=O) groups excluding carboxylic acids is 1. The predicted octanol–water partition coefficient (Wildman–Crippen LogP) is 4.05. The molecule has 1 aliphatic rings. The lowest BCUT2D eigenvalue weighted by molar-refractivity contribution is 0.0579. The number of nitrogens with one attached hydrogen (secondary N) is 1. The monoisotopic (exact) mass is 319 g/mol. The van der Waals surface area contributed by atoms with Crippen LogP contribution in [-0.4, -0.2) is 29.8 Å². The molecule has 1 N–H and O–H groups in total. The van der Waals surface area contributed by atoms with E-state index >= 15 is 0 Å². The predicted molar refractivity (Wildman–Crippen MR) is 92.7 cm³/mol. The first kappa shape index (κ1) is 17.7. The summed E-state index contributed by atoms with van der Waals surface area (Å²) in [7, 11) is 0. The maximum atomic E-state index is 12.4. The number of anilines is 1. The quantitative estimate of drug-likeness (QED) is 0.909. The minimum Gasteiger partial charge on any atom is -0.443 e. The van der Waals surface area contributed by atoms with Gasteiger partial charge in [-0.25, -0.2) is 9.78 Å². The Morgan fingerprint density at radius 1 is 1.39 bits per heavy atom. The van der Waals surface area contributed by atoms with E-state index in [1.165, 1.54) is 18.4 Å². The van der Waals surface area contributed by atoms with Crippen molar-refractivity contribution in [1.29, 1.82) is 0 Å². The largest absolute Gasteiger partial charge is 0.443 e. The standard InChI is InChI=1S/C18H29N3O2/c1-5-12-21(17(22)23-18(2,3)4)16-10-9-14(13-20-16)15-8-6-7-11-19-15/h9-10,13,15,19H,5-8,11-12H2,1-4H3. The first-order valence-corrected chi connectivity index (χ1v) is 8.60. The molecule has 1 saturated heterocycles. The lowest BCUT2D eigenvalue weighted by atomic mass is 9.99. The number of hydrogen-bond donors (Lipinski definition) is 1. The fourth-order valence-electron chi connectivity index (χ4n) is 2.74. The minimum absolute atomic E-state index is 0.338. The minimum atomic E-state index is -0.505. The molecule has 0 radical (unpaired) electrons. The van der Waals surface area contributed by atoms with Crippen molar-refractivity contribution in [2.75, 3.05) is 18.0 Å². The third-order valence-corrected chi connectivity index (χ3v) is 3.82. The maximum Gasteiger partial charge on any atom is 0.416 e. The van der Waals surface area contributed by atoms with Crippen molar-refractivity contribution in [2.24, 2.45) is 0 Å². The normalized spacial score (nSPS) is 18.5. The number of piperidine rings is 1. The van der Waals surface area contributed by atoms with Crippen molar-refractivity contribution in [3.8, 4) is 0 Å². The van der Waals surface area contributed by atoms with Crippen molar-refractivity contribution in [2.45, 2.75) is 65.0 Å². The Balaban J connectivity index is 2.11. The Morgan fingerprint density at radius 3 is 2.70 bits per heavy atom. The van der Waals surface area contributed by atoms with Gasteiger partial charge in [-0.05, 0) is 58.2 Å². The van der Waals surface area contributed by atoms with Crippen LogP contribution in [0.5, 0.6) is 0 Å². The van der Waals surface area contributed by atoms with E-state index in [4.69, 9.17) is 4.74 Å². The number of pyridine rings is 1. The van der Waals surface area contributed by atoms with Gasteiger partial charge < -0.3 is 10.1 Å². The van der Waals surface area contributed by atoms with Crippen LogP contribution in [0.3, 0.4) is 0 Å². The smallest absolute Gasteiger partial charge is 0.416 e. The molecular weight excluding hydrogens is 290 g/mol. The number of ether oxygens (including phenoxy) is 1. The van der Waals surface area contributed by atoms with Crippen LogP contribution in [0.2, 0.25) is 0 Å². The Hall–Kier alpha value is -1.62. The summed E-state index contributed by atoms with van der Waals surface area (Å²) in [5, 5.41) is 3.52. The van der Waals surface area contributed by atoms with Crippen LogP contribution in [-0.2, 0) is 4.74 Å². The molecule has 1 aromatic rings. The molecule has 1 atom stereocenters. The van der Waals surface area contributed by atoms with E-state index < -0.39 is 5.60 Å². The van der Waals surface area contributed by atoms with E-state index in [0.717, 1.165) is 19.4 Å². The van der Waals surface area contributed by atoms with Gasteiger partial charge in [0.2, 0.25) is 0 Å². The van der Waals surface area contributed by atoms with Gasteiger partial charge in [0.1, 0.15) is 11.4 Å². The van der Waals surface area contributed by atoms with E-state index in [1.807, 2.05) is 40.0 Å². The first-order valence-electron chi connectivity index (χ1n) is 8.60. The molecule has 0 bridgehead atoms. The topological polar surface area (TPSA) is 54.5 Å². The van der Waals surface area contributed by atoms with Gasteiger partial charge in [-0.1, -0.05) is 19.4 Å². The van der Waals surface area contributed by atoms with Crippen LogP contribution in [0.25, 0.3) is 0 Å². The van der Waals surface area contributed by atoms with Crippen LogP contribution in [0.15, 0.2) is 18.3 Å². The highest BCUT2D eigenvalue weighted by atomic mass is 16.6. The molecule has 1 fully saturated rings. The van der Waals surface area contributed by atoms with E-state index in [9.17, 15) is 4.79 Å². The summed E-state index contributed by atoms with van der Waals surface area (Å²) in [6.45, 7) is 9.33. The highest BCUT2D eigenvalue weighted by Gasteiger charge is 2.24. The molecule has 23 heavy (non-hydrogen) atoms. The first-order chi connectivity index (χ1) is 10.9. The van der Waals surface area contributed by atoms with Gasteiger partial charge in [-0.3, -0.25) is 4.90 Å². The van der Waals surface area contributed by atoms with Crippen molar-refractivity contribution in [3.63, 3.8) is 0 Å². The highest BCUT2D eigenvalue weighted by molar-refractivity contribution is 5.86. The molecule has 2 heterocycles. The van der Waals surface area contributed by atoms with E-state index in [-0.39, 0.29) is 6.09 Å². The van der Waals surface area contributed by atoms with Crippen LogP contribution < -0.4 is 10.2 Å². The molecule has 0 saturated carbocycles. The number of nitrogens with zero attached hydrogens (tertiary/aromatic N) is 2. The number of hydrogen-bond acceptors (Lipinski definition) is 4. The van der Waals surface area contributed by atoms with Crippen LogP contribution >= 0.6 is 0 Å². The molecule has 5 nitrogen and oxygen atoms in total. The Labute approximate surface area is 139 Å². The molecule has 1 amide bonds. The van der Waals surface area contributed by atoms with Gasteiger partial charge in [0.05, 0.1) is 0 Å². The van der Waals surface area contributed by atoms with Gasteiger partial charge in [0, 0.05) is 18.8 Å². The fraction of sp³-hybridized carbons (Fsp3) is 0.667. The lowest BCUT2D eigenvalue weighted by Gasteiger charge is -2.27. The summed E-state index contributed by atoms with van der Waals surface area (Å²) in [5.41, 5.74) is 0.684. The molecule has 128 valence electrons. The second-order valence-electron chi connectivity index (χ2n) is 7.08. The number of aromatic nitrogens is 1. The summed E-state index contributed by atoms with van der Waals surface area (Å²) in [5.74, 6) is 0.653. The lowest BCUT2D eigenvalue weighted by Crippen LogP contribution is -2.38. The van der Waals surface area contributed by atoms with Crippen molar-refractivity contribution >= 4 is 11.9 Å².